The monoisotopic (exact) mass is 317 g/mol. The minimum absolute atomic E-state index is 0.122. The lowest BCUT2D eigenvalue weighted by molar-refractivity contribution is -0.117. The Kier molecular flexibility index (Phi) is 5.83. The van der Waals surface area contributed by atoms with E-state index in [0.717, 1.165) is 19.5 Å². The number of nitrogens with one attached hydrogen (secondary N) is 1. The molecule has 0 radical (unpaired) electrons. The van der Waals surface area contributed by atoms with Gasteiger partial charge in [0.05, 0.1) is 32.0 Å². The largest absolute Gasteiger partial charge is 0.493 e. The normalized spacial score (nSPS) is 18.1. The van der Waals surface area contributed by atoms with Crippen LogP contribution in [-0.2, 0) is 4.79 Å². The predicted octanol–water partition coefficient (Wildman–Crippen LogP) is 2.25. The second-order valence-electron chi connectivity index (χ2n) is 5.90. The van der Waals surface area contributed by atoms with E-state index in [9.17, 15) is 10.1 Å². The van der Waals surface area contributed by atoms with Gasteiger partial charge in [-0.1, -0.05) is 6.92 Å². The number of rotatable bonds is 5. The molecule has 2 rings (SSSR count). The average Bonchev–Trinajstić information content (AvgIpc) is 2.54. The molecular weight excluding hydrogens is 294 g/mol. The van der Waals surface area contributed by atoms with Crippen LogP contribution in [0.25, 0.3) is 0 Å². The van der Waals surface area contributed by atoms with Gasteiger partial charge in [-0.2, -0.15) is 5.26 Å². The second-order valence-corrected chi connectivity index (χ2v) is 5.90. The summed E-state index contributed by atoms with van der Waals surface area (Å²) in [6.07, 6.45) is 2.33. The lowest BCUT2D eigenvalue weighted by atomic mass is 10.0. The Balaban J connectivity index is 2.09. The molecule has 6 nitrogen and oxygen atoms in total. The summed E-state index contributed by atoms with van der Waals surface area (Å²) in [5.41, 5.74) is 0.795. The fourth-order valence-electron chi connectivity index (χ4n) is 2.90. The fraction of sp³-hybridized carbons (Fsp3) is 0.529. The lowest BCUT2D eigenvalue weighted by Crippen LogP contribution is -2.39. The zero-order valence-electron chi connectivity index (χ0n) is 13.9. The molecule has 0 spiro atoms. The van der Waals surface area contributed by atoms with E-state index in [2.05, 4.69) is 23.2 Å². The SMILES string of the molecule is COc1cc(C#N)c(NC(=O)CN2CCC[C@H](C)C2)cc1OC. The van der Waals surface area contributed by atoms with Gasteiger partial charge in [0.25, 0.3) is 0 Å². The number of likely N-dealkylation sites (tertiary alicyclic amines) is 1. The number of hydrogen-bond acceptors (Lipinski definition) is 5. The first kappa shape index (κ1) is 17.1. The maximum absolute atomic E-state index is 12.3. The van der Waals surface area contributed by atoms with Gasteiger partial charge in [0.1, 0.15) is 6.07 Å². The molecular formula is C17H23N3O3. The van der Waals surface area contributed by atoms with E-state index in [1.807, 2.05) is 0 Å². The number of carbonyl (C=O) groups excluding carboxylic acids is 1. The van der Waals surface area contributed by atoms with Gasteiger partial charge in [0.15, 0.2) is 11.5 Å². The zero-order valence-corrected chi connectivity index (χ0v) is 13.9. The van der Waals surface area contributed by atoms with Crippen LogP contribution in [0.3, 0.4) is 0 Å². The topological polar surface area (TPSA) is 74.6 Å². The Labute approximate surface area is 137 Å². The summed E-state index contributed by atoms with van der Waals surface area (Å²) in [6, 6.07) is 5.26. The van der Waals surface area contributed by atoms with E-state index in [1.54, 1.807) is 12.1 Å². The highest BCUT2D eigenvalue weighted by Crippen LogP contribution is 2.33. The van der Waals surface area contributed by atoms with Crippen molar-refractivity contribution in [3.8, 4) is 17.6 Å². The van der Waals surface area contributed by atoms with Crippen molar-refractivity contribution in [3.05, 3.63) is 17.7 Å². The summed E-state index contributed by atoms with van der Waals surface area (Å²) >= 11 is 0. The molecule has 1 aliphatic heterocycles. The van der Waals surface area contributed by atoms with E-state index in [0.29, 0.717) is 35.2 Å². The molecule has 0 bridgehead atoms. The molecule has 124 valence electrons. The van der Waals surface area contributed by atoms with Crippen molar-refractivity contribution in [1.29, 1.82) is 5.26 Å². The third-order valence-electron chi connectivity index (χ3n) is 4.03. The molecule has 1 aliphatic rings. The Morgan fingerprint density at radius 1 is 1.39 bits per heavy atom. The molecule has 1 fully saturated rings. The minimum atomic E-state index is -0.122. The summed E-state index contributed by atoms with van der Waals surface area (Å²) in [7, 11) is 3.03. The maximum Gasteiger partial charge on any atom is 0.238 e. The number of benzene rings is 1. The van der Waals surface area contributed by atoms with Gasteiger partial charge in [-0.15, -0.1) is 0 Å². The second kappa shape index (κ2) is 7.84. The van der Waals surface area contributed by atoms with Gasteiger partial charge in [0.2, 0.25) is 5.91 Å². The van der Waals surface area contributed by atoms with Gasteiger partial charge in [0, 0.05) is 18.7 Å². The molecule has 1 heterocycles. The van der Waals surface area contributed by atoms with Crippen LogP contribution < -0.4 is 14.8 Å². The molecule has 1 aromatic rings. The molecule has 6 heteroatoms. The Hall–Kier alpha value is -2.26. The van der Waals surface area contributed by atoms with Gasteiger partial charge in [-0.25, -0.2) is 0 Å². The lowest BCUT2D eigenvalue weighted by Gasteiger charge is -2.30. The molecule has 1 N–H and O–H groups in total. The van der Waals surface area contributed by atoms with Crippen LogP contribution in [0.4, 0.5) is 5.69 Å². The summed E-state index contributed by atoms with van der Waals surface area (Å²) in [5, 5.41) is 12.1. The number of methoxy groups -OCH3 is 2. The molecule has 1 saturated heterocycles. The Morgan fingerprint density at radius 2 is 2.09 bits per heavy atom. The number of carbonyl (C=O) groups is 1. The number of piperidine rings is 1. The van der Waals surface area contributed by atoms with Crippen molar-refractivity contribution in [2.24, 2.45) is 5.92 Å². The molecule has 0 aromatic heterocycles. The minimum Gasteiger partial charge on any atom is -0.493 e. The van der Waals surface area contributed by atoms with E-state index >= 15 is 0 Å². The van der Waals surface area contributed by atoms with Crippen molar-refractivity contribution in [2.45, 2.75) is 19.8 Å². The fourth-order valence-corrected chi connectivity index (χ4v) is 2.90. The van der Waals surface area contributed by atoms with Crippen molar-refractivity contribution in [2.75, 3.05) is 39.2 Å². The highest BCUT2D eigenvalue weighted by Gasteiger charge is 2.19. The first-order valence-corrected chi connectivity index (χ1v) is 7.75. The summed E-state index contributed by atoms with van der Waals surface area (Å²) in [6.45, 7) is 4.41. The van der Waals surface area contributed by atoms with Crippen LogP contribution in [0.2, 0.25) is 0 Å². The van der Waals surface area contributed by atoms with Crippen molar-refractivity contribution < 1.29 is 14.3 Å². The van der Waals surface area contributed by atoms with E-state index in [4.69, 9.17) is 9.47 Å². The van der Waals surface area contributed by atoms with Gasteiger partial charge in [-0.3, -0.25) is 9.69 Å². The van der Waals surface area contributed by atoms with Gasteiger partial charge >= 0.3 is 0 Å². The van der Waals surface area contributed by atoms with Crippen molar-refractivity contribution in [3.63, 3.8) is 0 Å². The quantitative estimate of drug-likeness (QED) is 0.901. The van der Waals surface area contributed by atoms with E-state index < -0.39 is 0 Å². The molecule has 1 atom stereocenters. The first-order chi connectivity index (χ1) is 11.1. The summed E-state index contributed by atoms with van der Waals surface area (Å²) < 4.78 is 10.4. The maximum atomic E-state index is 12.3. The number of anilines is 1. The third-order valence-corrected chi connectivity index (χ3v) is 4.03. The van der Waals surface area contributed by atoms with Crippen molar-refractivity contribution in [1.82, 2.24) is 4.90 Å². The Bertz CT molecular complexity index is 610. The number of amides is 1. The summed E-state index contributed by atoms with van der Waals surface area (Å²) in [5.74, 6) is 1.44. The van der Waals surface area contributed by atoms with Gasteiger partial charge < -0.3 is 14.8 Å². The standard InChI is InChI=1S/C17H23N3O3/c1-12-5-4-6-20(10-12)11-17(21)19-14-8-16(23-3)15(22-2)7-13(14)9-18/h7-8,12H,4-6,10-11H2,1-3H3,(H,19,21)/t12-/m0/s1. The van der Waals surface area contributed by atoms with Crippen LogP contribution >= 0.6 is 0 Å². The molecule has 1 aromatic carbocycles. The predicted molar refractivity (Wildman–Crippen MR) is 87.7 cm³/mol. The number of nitriles is 1. The van der Waals surface area contributed by atoms with Crippen LogP contribution in [0, 0.1) is 17.2 Å². The molecule has 23 heavy (non-hydrogen) atoms. The van der Waals surface area contributed by atoms with Crippen LogP contribution in [0.15, 0.2) is 12.1 Å². The van der Waals surface area contributed by atoms with E-state index in [-0.39, 0.29) is 5.91 Å². The van der Waals surface area contributed by atoms with Gasteiger partial charge in [-0.05, 0) is 25.3 Å². The average molecular weight is 317 g/mol. The zero-order chi connectivity index (χ0) is 16.8. The smallest absolute Gasteiger partial charge is 0.238 e. The van der Waals surface area contributed by atoms with Crippen LogP contribution in [0.1, 0.15) is 25.3 Å². The number of ether oxygens (including phenoxy) is 2. The molecule has 0 aliphatic carbocycles. The third kappa shape index (κ3) is 4.36. The van der Waals surface area contributed by atoms with Crippen molar-refractivity contribution >= 4 is 11.6 Å². The highest BCUT2D eigenvalue weighted by atomic mass is 16.5. The summed E-state index contributed by atoms with van der Waals surface area (Å²) in [4.78, 5) is 14.4. The molecule has 1 amide bonds. The number of nitrogens with zero attached hydrogens (tertiary/aromatic N) is 2. The number of hydrogen-bond donors (Lipinski definition) is 1. The molecule has 0 unspecified atom stereocenters. The van der Waals surface area contributed by atoms with E-state index in [1.165, 1.54) is 20.6 Å². The Morgan fingerprint density at radius 3 is 2.70 bits per heavy atom. The highest BCUT2D eigenvalue weighted by molar-refractivity contribution is 5.94. The van der Waals surface area contributed by atoms with Crippen LogP contribution in [0.5, 0.6) is 11.5 Å². The molecule has 0 saturated carbocycles. The first-order valence-electron chi connectivity index (χ1n) is 7.75. The van der Waals surface area contributed by atoms with Crippen LogP contribution in [-0.4, -0.2) is 44.7 Å².